The van der Waals surface area contributed by atoms with Gasteiger partial charge < -0.3 is 15.4 Å². The van der Waals surface area contributed by atoms with E-state index in [-0.39, 0.29) is 29.7 Å². The van der Waals surface area contributed by atoms with Crippen molar-refractivity contribution < 1.29 is 13.5 Å². The van der Waals surface area contributed by atoms with Crippen LogP contribution in [0.15, 0.2) is 29.3 Å². The zero-order valence-electron chi connectivity index (χ0n) is 11.8. The molecule has 0 atom stereocenters. The minimum atomic E-state index is -2.80. The lowest BCUT2D eigenvalue weighted by Crippen LogP contribution is -2.38. The summed E-state index contributed by atoms with van der Waals surface area (Å²) >= 11 is 0. The molecule has 1 aromatic carbocycles. The highest BCUT2D eigenvalue weighted by molar-refractivity contribution is 14.0. The van der Waals surface area contributed by atoms with E-state index in [1.807, 2.05) is 13.0 Å². The number of nitrogens with one attached hydrogen (secondary N) is 2. The van der Waals surface area contributed by atoms with Gasteiger partial charge in [0.25, 0.3) is 0 Å². The van der Waals surface area contributed by atoms with Crippen molar-refractivity contribution in [1.29, 1.82) is 0 Å². The van der Waals surface area contributed by atoms with Crippen LogP contribution in [-0.4, -0.2) is 25.2 Å². The van der Waals surface area contributed by atoms with E-state index in [0.29, 0.717) is 12.6 Å². The van der Waals surface area contributed by atoms with Gasteiger partial charge in [0.1, 0.15) is 5.75 Å². The number of halogens is 3. The molecule has 0 unspecified atom stereocenters. The third-order valence-corrected chi connectivity index (χ3v) is 2.81. The average Bonchev–Trinajstić information content (AvgIpc) is 3.20. The Morgan fingerprint density at radius 3 is 2.81 bits per heavy atom. The van der Waals surface area contributed by atoms with Crippen LogP contribution in [0.3, 0.4) is 0 Å². The maximum Gasteiger partial charge on any atom is 0.387 e. The van der Waals surface area contributed by atoms with Gasteiger partial charge in [-0.2, -0.15) is 8.78 Å². The summed E-state index contributed by atoms with van der Waals surface area (Å²) < 4.78 is 28.7. The standard InChI is InChI=1S/C14H19F2N3O.HI/c1-2-17-14(19-11-6-7-11)18-9-10-4-3-5-12(8-10)20-13(15)16;/h3-5,8,11,13H,2,6-7,9H2,1H3,(H2,17,18,19);1H. The van der Waals surface area contributed by atoms with Crippen molar-refractivity contribution in [3.63, 3.8) is 0 Å². The normalized spacial score (nSPS) is 14.6. The van der Waals surface area contributed by atoms with E-state index >= 15 is 0 Å². The summed E-state index contributed by atoms with van der Waals surface area (Å²) in [5.41, 5.74) is 0.830. The number of hydrogen-bond donors (Lipinski definition) is 2. The first-order valence-electron chi connectivity index (χ1n) is 6.76. The van der Waals surface area contributed by atoms with E-state index in [0.717, 1.165) is 18.1 Å². The first-order valence-corrected chi connectivity index (χ1v) is 6.76. The van der Waals surface area contributed by atoms with E-state index in [9.17, 15) is 8.78 Å². The highest BCUT2D eigenvalue weighted by Gasteiger charge is 2.21. The molecule has 2 rings (SSSR count). The Balaban J connectivity index is 0.00000220. The van der Waals surface area contributed by atoms with E-state index in [1.54, 1.807) is 12.1 Å². The molecule has 2 N–H and O–H groups in total. The molecule has 1 fully saturated rings. The molecule has 1 aliphatic rings. The van der Waals surface area contributed by atoms with Gasteiger partial charge in [0.05, 0.1) is 6.54 Å². The van der Waals surface area contributed by atoms with E-state index in [1.165, 1.54) is 18.9 Å². The minimum absolute atomic E-state index is 0. The first kappa shape index (κ1) is 17.9. The summed E-state index contributed by atoms with van der Waals surface area (Å²) in [6, 6.07) is 7.12. The summed E-state index contributed by atoms with van der Waals surface area (Å²) in [5.74, 6) is 0.919. The van der Waals surface area contributed by atoms with Crippen LogP contribution in [0.2, 0.25) is 0 Å². The molecule has 7 heteroatoms. The maximum absolute atomic E-state index is 12.1. The fourth-order valence-corrected chi connectivity index (χ4v) is 1.73. The Bertz CT molecular complexity index is 467. The van der Waals surface area contributed by atoms with Crippen molar-refractivity contribution in [2.24, 2.45) is 4.99 Å². The van der Waals surface area contributed by atoms with Gasteiger partial charge >= 0.3 is 6.61 Å². The number of nitrogens with zero attached hydrogens (tertiary/aromatic N) is 1. The molecule has 0 saturated heterocycles. The smallest absolute Gasteiger partial charge is 0.387 e. The summed E-state index contributed by atoms with van der Waals surface area (Å²) in [6.45, 7) is 0.402. The predicted molar refractivity (Wildman–Crippen MR) is 89.5 cm³/mol. The number of benzene rings is 1. The molecule has 0 heterocycles. The SMILES string of the molecule is CCNC(=NCc1cccc(OC(F)F)c1)NC1CC1.I. The van der Waals surface area contributed by atoms with Crippen LogP contribution in [0.4, 0.5) is 8.78 Å². The van der Waals surface area contributed by atoms with Crippen molar-refractivity contribution in [3.8, 4) is 5.75 Å². The molecule has 1 aliphatic carbocycles. The van der Waals surface area contributed by atoms with Crippen molar-refractivity contribution >= 4 is 29.9 Å². The molecular weight excluding hydrogens is 391 g/mol. The highest BCUT2D eigenvalue weighted by atomic mass is 127. The Morgan fingerprint density at radius 1 is 1.43 bits per heavy atom. The summed E-state index contributed by atoms with van der Waals surface area (Å²) in [5, 5.41) is 6.46. The van der Waals surface area contributed by atoms with Crippen LogP contribution in [0.5, 0.6) is 5.75 Å². The summed E-state index contributed by atoms with van der Waals surface area (Å²) in [4.78, 5) is 4.44. The van der Waals surface area contributed by atoms with E-state index < -0.39 is 6.61 Å². The van der Waals surface area contributed by atoms with Gasteiger partial charge in [0.2, 0.25) is 0 Å². The number of ether oxygens (including phenoxy) is 1. The number of guanidine groups is 1. The quantitative estimate of drug-likeness (QED) is 0.430. The second-order valence-corrected chi connectivity index (χ2v) is 4.64. The van der Waals surface area contributed by atoms with Crippen LogP contribution in [0.1, 0.15) is 25.3 Å². The Hall–Kier alpha value is -1.12. The third-order valence-electron chi connectivity index (χ3n) is 2.81. The fraction of sp³-hybridized carbons (Fsp3) is 0.500. The molecule has 4 nitrogen and oxygen atoms in total. The number of hydrogen-bond acceptors (Lipinski definition) is 2. The van der Waals surface area contributed by atoms with Gasteiger partial charge in [-0.1, -0.05) is 12.1 Å². The van der Waals surface area contributed by atoms with Crippen LogP contribution < -0.4 is 15.4 Å². The average molecular weight is 411 g/mol. The van der Waals surface area contributed by atoms with Gasteiger partial charge in [0.15, 0.2) is 5.96 Å². The van der Waals surface area contributed by atoms with E-state index in [4.69, 9.17) is 0 Å². The van der Waals surface area contributed by atoms with Crippen LogP contribution in [-0.2, 0) is 6.54 Å². The minimum Gasteiger partial charge on any atom is -0.435 e. The lowest BCUT2D eigenvalue weighted by atomic mass is 10.2. The topological polar surface area (TPSA) is 45.7 Å². The molecule has 1 aromatic rings. The Kier molecular flexibility index (Phi) is 7.69. The van der Waals surface area contributed by atoms with Crippen molar-refractivity contribution in [2.75, 3.05) is 6.54 Å². The second kappa shape index (κ2) is 9.01. The van der Waals surface area contributed by atoms with Crippen LogP contribution in [0, 0.1) is 0 Å². The Labute approximate surface area is 140 Å². The largest absolute Gasteiger partial charge is 0.435 e. The summed E-state index contributed by atoms with van der Waals surface area (Å²) in [6.07, 6.45) is 2.34. The monoisotopic (exact) mass is 411 g/mol. The zero-order valence-corrected chi connectivity index (χ0v) is 14.1. The molecule has 1 saturated carbocycles. The molecule has 118 valence electrons. The molecule has 0 amide bonds. The number of aliphatic imine (C=N–C) groups is 1. The molecule has 21 heavy (non-hydrogen) atoms. The fourth-order valence-electron chi connectivity index (χ4n) is 1.73. The summed E-state index contributed by atoms with van der Waals surface area (Å²) in [7, 11) is 0. The van der Waals surface area contributed by atoms with Crippen molar-refractivity contribution in [3.05, 3.63) is 29.8 Å². The van der Waals surface area contributed by atoms with E-state index in [2.05, 4.69) is 20.4 Å². The Morgan fingerprint density at radius 2 is 2.19 bits per heavy atom. The van der Waals surface area contributed by atoms with Crippen LogP contribution in [0.25, 0.3) is 0 Å². The number of alkyl halides is 2. The highest BCUT2D eigenvalue weighted by Crippen LogP contribution is 2.19. The first-order chi connectivity index (χ1) is 9.67. The van der Waals surface area contributed by atoms with Crippen molar-refractivity contribution in [2.45, 2.75) is 39.0 Å². The van der Waals surface area contributed by atoms with Crippen molar-refractivity contribution in [1.82, 2.24) is 10.6 Å². The van der Waals surface area contributed by atoms with Gasteiger partial charge in [-0.25, -0.2) is 4.99 Å². The van der Waals surface area contributed by atoms with Gasteiger partial charge in [0, 0.05) is 12.6 Å². The second-order valence-electron chi connectivity index (χ2n) is 4.64. The molecule has 0 spiro atoms. The number of rotatable bonds is 6. The zero-order chi connectivity index (χ0) is 14.4. The predicted octanol–water partition coefficient (Wildman–Crippen LogP) is 3.12. The molecule has 0 aliphatic heterocycles. The maximum atomic E-state index is 12.1. The van der Waals surface area contributed by atoms with Crippen LogP contribution >= 0.6 is 24.0 Å². The van der Waals surface area contributed by atoms with Gasteiger partial charge in [-0.05, 0) is 37.5 Å². The lowest BCUT2D eigenvalue weighted by Gasteiger charge is -2.10. The molecular formula is C14H20F2IN3O. The molecule has 0 aromatic heterocycles. The van der Waals surface area contributed by atoms with Gasteiger partial charge in [-0.15, -0.1) is 24.0 Å². The third kappa shape index (κ3) is 6.92. The molecule has 0 bridgehead atoms. The molecule has 0 radical (unpaired) electrons. The lowest BCUT2D eigenvalue weighted by molar-refractivity contribution is -0.0498. The van der Waals surface area contributed by atoms with Gasteiger partial charge in [-0.3, -0.25) is 0 Å².